The lowest BCUT2D eigenvalue weighted by molar-refractivity contribution is 0.178. The van der Waals surface area contributed by atoms with Crippen molar-refractivity contribution in [3.05, 3.63) is 18.2 Å². The van der Waals surface area contributed by atoms with Crippen LogP contribution in [0.5, 0.6) is 5.75 Å². The second kappa shape index (κ2) is 5.48. The van der Waals surface area contributed by atoms with E-state index in [9.17, 15) is 0 Å². The van der Waals surface area contributed by atoms with E-state index in [1.165, 1.54) is 0 Å². The highest BCUT2D eigenvalue weighted by Crippen LogP contribution is 2.27. The van der Waals surface area contributed by atoms with Crippen LogP contribution in [-0.4, -0.2) is 34.7 Å². The molecule has 0 spiro atoms. The molecule has 0 aliphatic rings. The van der Waals surface area contributed by atoms with Gasteiger partial charge in [0.05, 0.1) is 24.3 Å². The van der Waals surface area contributed by atoms with Gasteiger partial charge in [-0.15, -0.1) is 0 Å². The zero-order valence-corrected chi connectivity index (χ0v) is 12.1. The number of rotatable bonds is 5. The van der Waals surface area contributed by atoms with Crippen molar-refractivity contribution in [3.63, 3.8) is 0 Å². The van der Waals surface area contributed by atoms with Crippen LogP contribution in [0.15, 0.2) is 18.2 Å². The van der Waals surface area contributed by atoms with Crippen LogP contribution >= 0.6 is 0 Å². The Morgan fingerprint density at radius 2 is 2.05 bits per heavy atom. The summed E-state index contributed by atoms with van der Waals surface area (Å²) in [6.45, 7) is 8.39. The number of benzene rings is 1. The van der Waals surface area contributed by atoms with Gasteiger partial charge in [0.1, 0.15) is 5.75 Å². The Morgan fingerprint density at radius 1 is 1.37 bits per heavy atom. The van der Waals surface area contributed by atoms with E-state index in [-0.39, 0.29) is 6.17 Å². The first-order valence-corrected chi connectivity index (χ1v) is 6.67. The smallest absolute Gasteiger partial charge is 0.202 e. The Morgan fingerprint density at radius 3 is 2.63 bits per heavy atom. The summed E-state index contributed by atoms with van der Waals surface area (Å²) < 4.78 is 7.34. The van der Waals surface area contributed by atoms with Gasteiger partial charge in [-0.2, -0.15) is 0 Å². The quantitative estimate of drug-likeness (QED) is 0.899. The largest absolute Gasteiger partial charge is 0.497 e. The van der Waals surface area contributed by atoms with Gasteiger partial charge in [-0.25, -0.2) is 4.98 Å². The van der Waals surface area contributed by atoms with Gasteiger partial charge in [-0.1, -0.05) is 13.8 Å². The van der Waals surface area contributed by atoms with Gasteiger partial charge in [0.15, 0.2) is 0 Å². The minimum atomic E-state index is 0.173. The monoisotopic (exact) mass is 262 g/mol. The van der Waals surface area contributed by atoms with Crippen LogP contribution in [0.25, 0.3) is 11.0 Å². The number of hydrogen-bond donors (Lipinski definition) is 1. The molecular formula is C14H22N4O. The molecule has 0 fully saturated rings. The molecule has 0 bridgehead atoms. The van der Waals surface area contributed by atoms with Gasteiger partial charge in [0.2, 0.25) is 5.95 Å². The minimum Gasteiger partial charge on any atom is -0.497 e. The molecule has 1 aromatic carbocycles. The predicted octanol–water partition coefficient (Wildman–Crippen LogP) is 2.49. The second-order valence-corrected chi connectivity index (χ2v) is 4.55. The average molecular weight is 262 g/mol. The van der Waals surface area contributed by atoms with E-state index in [1.54, 1.807) is 7.11 Å². The first-order valence-electron chi connectivity index (χ1n) is 6.67. The molecule has 104 valence electrons. The Hall–Kier alpha value is -1.75. The van der Waals surface area contributed by atoms with E-state index in [2.05, 4.69) is 35.2 Å². The van der Waals surface area contributed by atoms with Crippen LogP contribution in [0, 0.1) is 0 Å². The number of nitrogen functional groups attached to an aromatic ring is 1. The third-order valence-electron chi connectivity index (χ3n) is 3.64. The highest BCUT2D eigenvalue weighted by Gasteiger charge is 2.18. The zero-order chi connectivity index (χ0) is 14.0. The number of ether oxygens (including phenoxy) is 1. The molecule has 2 aromatic rings. The standard InChI is InChI=1S/C14H22N4O/c1-5-17(6-2)10(3)18-13-9-11(19-4)7-8-12(13)16-14(18)15/h7-10H,5-6H2,1-4H3,(H2,15,16). The van der Waals surface area contributed by atoms with Crippen LogP contribution < -0.4 is 10.5 Å². The molecule has 5 nitrogen and oxygen atoms in total. The molecule has 2 rings (SSSR count). The summed E-state index contributed by atoms with van der Waals surface area (Å²) in [4.78, 5) is 6.75. The molecule has 2 N–H and O–H groups in total. The molecule has 1 atom stereocenters. The molecule has 5 heteroatoms. The van der Waals surface area contributed by atoms with Crippen LogP contribution in [0.1, 0.15) is 26.9 Å². The van der Waals surface area contributed by atoms with E-state index < -0.39 is 0 Å². The van der Waals surface area contributed by atoms with Crippen molar-refractivity contribution in [1.82, 2.24) is 14.5 Å². The van der Waals surface area contributed by atoms with Gasteiger partial charge < -0.3 is 10.5 Å². The maximum Gasteiger partial charge on any atom is 0.202 e. The lowest BCUT2D eigenvalue weighted by Gasteiger charge is -2.28. The van der Waals surface area contributed by atoms with Gasteiger partial charge in [0, 0.05) is 6.07 Å². The SMILES string of the molecule is CCN(CC)C(C)n1c(N)nc2ccc(OC)cc21. The molecule has 0 saturated heterocycles. The molecule has 1 heterocycles. The fourth-order valence-corrected chi connectivity index (χ4v) is 2.53. The first-order chi connectivity index (χ1) is 9.12. The van der Waals surface area contributed by atoms with E-state index in [4.69, 9.17) is 10.5 Å². The number of aromatic nitrogens is 2. The van der Waals surface area contributed by atoms with Crippen molar-refractivity contribution in [3.8, 4) is 5.75 Å². The molecule has 1 aromatic heterocycles. The molecule has 0 radical (unpaired) electrons. The Balaban J connectivity index is 2.54. The van der Waals surface area contributed by atoms with Crippen molar-refractivity contribution in [2.45, 2.75) is 26.9 Å². The van der Waals surface area contributed by atoms with Crippen molar-refractivity contribution >= 4 is 17.0 Å². The lowest BCUT2D eigenvalue weighted by atomic mass is 10.3. The summed E-state index contributed by atoms with van der Waals surface area (Å²) in [7, 11) is 1.67. The molecule has 0 amide bonds. The van der Waals surface area contributed by atoms with Crippen molar-refractivity contribution in [2.75, 3.05) is 25.9 Å². The van der Waals surface area contributed by atoms with Gasteiger partial charge in [-0.05, 0) is 32.1 Å². The van der Waals surface area contributed by atoms with Crippen LogP contribution in [0.3, 0.4) is 0 Å². The average Bonchev–Trinajstić information content (AvgIpc) is 2.74. The van der Waals surface area contributed by atoms with E-state index in [0.29, 0.717) is 5.95 Å². The summed E-state index contributed by atoms with van der Waals surface area (Å²) >= 11 is 0. The predicted molar refractivity (Wildman–Crippen MR) is 78.3 cm³/mol. The highest BCUT2D eigenvalue weighted by molar-refractivity contribution is 5.80. The summed E-state index contributed by atoms with van der Waals surface area (Å²) in [6.07, 6.45) is 0.173. The van der Waals surface area contributed by atoms with Crippen molar-refractivity contribution in [1.29, 1.82) is 0 Å². The molecule has 0 saturated carbocycles. The highest BCUT2D eigenvalue weighted by atomic mass is 16.5. The molecule has 0 aliphatic carbocycles. The molecular weight excluding hydrogens is 240 g/mol. The van der Waals surface area contributed by atoms with E-state index >= 15 is 0 Å². The van der Waals surface area contributed by atoms with Gasteiger partial charge in [-0.3, -0.25) is 9.47 Å². The molecule has 1 unspecified atom stereocenters. The minimum absolute atomic E-state index is 0.173. The van der Waals surface area contributed by atoms with Crippen LogP contribution in [-0.2, 0) is 0 Å². The number of hydrogen-bond acceptors (Lipinski definition) is 4. The Bertz CT molecular complexity index is 560. The summed E-state index contributed by atoms with van der Waals surface area (Å²) in [5.41, 5.74) is 7.99. The van der Waals surface area contributed by atoms with E-state index in [0.717, 1.165) is 29.9 Å². The van der Waals surface area contributed by atoms with Crippen LogP contribution in [0.2, 0.25) is 0 Å². The molecule has 19 heavy (non-hydrogen) atoms. The Labute approximate surface area is 114 Å². The fourth-order valence-electron chi connectivity index (χ4n) is 2.53. The normalized spacial score (nSPS) is 13.1. The van der Waals surface area contributed by atoms with Crippen LogP contribution in [0.4, 0.5) is 5.95 Å². The number of methoxy groups -OCH3 is 1. The van der Waals surface area contributed by atoms with Crippen molar-refractivity contribution in [2.24, 2.45) is 0 Å². The number of fused-ring (bicyclic) bond motifs is 1. The topological polar surface area (TPSA) is 56.3 Å². The second-order valence-electron chi connectivity index (χ2n) is 4.55. The summed E-state index contributed by atoms with van der Waals surface area (Å²) in [6, 6.07) is 5.83. The van der Waals surface area contributed by atoms with Crippen molar-refractivity contribution < 1.29 is 4.74 Å². The third kappa shape index (κ3) is 2.38. The number of nitrogens with zero attached hydrogens (tertiary/aromatic N) is 3. The lowest BCUT2D eigenvalue weighted by Crippen LogP contribution is -2.31. The van der Waals surface area contributed by atoms with Gasteiger partial charge in [0.25, 0.3) is 0 Å². The summed E-state index contributed by atoms with van der Waals surface area (Å²) in [5.74, 6) is 1.36. The zero-order valence-electron chi connectivity index (χ0n) is 12.1. The number of anilines is 1. The Kier molecular flexibility index (Phi) is 3.95. The summed E-state index contributed by atoms with van der Waals surface area (Å²) in [5, 5.41) is 0. The van der Waals surface area contributed by atoms with E-state index in [1.807, 2.05) is 18.2 Å². The third-order valence-corrected chi connectivity index (χ3v) is 3.64. The first kappa shape index (κ1) is 13.7. The molecule has 0 aliphatic heterocycles. The van der Waals surface area contributed by atoms with Gasteiger partial charge >= 0.3 is 0 Å². The number of nitrogens with two attached hydrogens (primary N) is 1. The fraction of sp³-hybridized carbons (Fsp3) is 0.500. The maximum atomic E-state index is 6.08. The maximum absolute atomic E-state index is 6.08. The number of imidazole rings is 1.